The van der Waals surface area contributed by atoms with E-state index in [-0.39, 0.29) is 70.7 Å². The van der Waals surface area contributed by atoms with Gasteiger partial charge in [-0.2, -0.15) is 10.2 Å². The maximum atomic E-state index is 13.2. The number of carboxylic acid groups (broad SMARTS) is 1. The number of rotatable bonds is 16. The first kappa shape index (κ1) is 58.2. The number of aliphatic hydroxyl groups is 1. The molecule has 1 heterocycles. The molecule has 20 nitrogen and oxygen atoms in total. The van der Waals surface area contributed by atoms with E-state index >= 15 is 0 Å². The maximum absolute atomic E-state index is 13.2. The Morgan fingerprint density at radius 2 is 1.46 bits per heavy atom. The van der Waals surface area contributed by atoms with E-state index < -0.39 is 50.6 Å². The molecule has 0 radical (unpaired) electrons. The highest BCUT2D eigenvalue weighted by molar-refractivity contribution is 6.74. The lowest BCUT2D eigenvalue weighted by Crippen LogP contribution is -2.45. The first-order chi connectivity index (χ1) is 40.7. The molecule has 7 rings (SSSR count). The van der Waals surface area contributed by atoms with E-state index in [1.165, 1.54) is 12.1 Å². The fraction of sp³-hybridized carbons (Fsp3) is 0.484. The lowest BCUT2D eigenvalue weighted by atomic mass is 10.0. The van der Waals surface area contributed by atoms with Crippen molar-refractivity contribution < 1.29 is 64.6 Å². The number of carboxylic acids is 1. The van der Waals surface area contributed by atoms with Gasteiger partial charge in [-0.15, -0.1) is 0 Å². The Hall–Kier alpha value is -7.98. The minimum Gasteiger partial charge on any atom is -0.502 e. The summed E-state index contributed by atoms with van der Waals surface area (Å²) in [5, 5.41) is 43.9. The van der Waals surface area contributed by atoms with Gasteiger partial charge in [0.1, 0.15) is 28.8 Å². The molecule has 1 unspecified atom stereocenters. The van der Waals surface area contributed by atoms with E-state index in [0.717, 1.165) is 53.6 Å². The molecule has 0 fully saturated rings. The molecule has 0 aliphatic heterocycles. The van der Waals surface area contributed by atoms with Crippen LogP contribution in [0.1, 0.15) is 165 Å². The van der Waals surface area contributed by atoms with Crippen molar-refractivity contribution in [3.63, 3.8) is 0 Å². The normalized spacial score (nSPS) is 16.7. The first-order valence-corrected chi connectivity index (χ1v) is 30.0. The average Bonchev–Trinajstić information content (AvgIpc) is 3.05. The van der Waals surface area contributed by atoms with Crippen LogP contribution >= 0.6 is 0 Å². The van der Waals surface area contributed by atoms with Gasteiger partial charge in [0.15, 0.2) is 14.2 Å². The van der Waals surface area contributed by atoms with Crippen LogP contribution in [0.5, 0.6) is 11.5 Å². The number of carbonyl (C=O) groups excluding carboxylic acids is 2. The highest BCUT2D eigenvalue weighted by Crippen LogP contribution is 2.43. The monoisotopic (exact) mass is 1160 g/mol. The second-order valence-corrected chi connectivity index (χ2v) is 28.3. The van der Waals surface area contributed by atoms with Crippen LogP contribution in [0.3, 0.4) is 0 Å². The summed E-state index contributed by atoms with van der Waals surface area (Å²) < 4.78 is 70.9. The van der Waals surface area contributed by atoms with Gasteiger partial charge in [-0.05, 0) is 172 Å². The predicted octanol–water partition coefficient (Wildman–Crippen LogP) is 13.0. The average molecular weight is 1160 g/mol. The van der Waals surface area contributed by atoms with Crippen LogP contribution in [0.15, 0.2) is 82.5 Å². The summed E-state index contributed by atoms with van der Waals surface area (Å²) in [6.45, 7) is 32.0. The van der Waals surface area contributed by atoms with Gasteiger partial charge in [-0.1, -0.05) is 67.5 Å². The quantitative estimate of drug-likeness (QED) is 0.0179. The van der Waals surface area contributed by atoms with Crippen molar-refractivity contribution in [2.45, 2.75) is 169 Å². The second kappa shape index (κ2) is 27.9. The molecule has 1 aromatic heterocycles. The standard InChI is InChI=1S/C28H32N4O5.C23H39N3O4Si.C11H11NO3/c1-17(2)35-24-13-10-18(16-22(24)29-6)26-30-25(31-37-26)21-9-7-8-20-19(21)11-12-23(20)32(14-15-33)27(34)36-28(3,4)5;1-22(2,3)30-21(27)26(14-15-29-31(7,8)23(4,5)6)19-13-12-16-17(19)10-9-11-18(16)20(24)25-28;1-7(2)15-10-4-3-8(11(13)14)5-9(10)6-12/h7-10,13,16-17,23,33H,11-12,14-15H2,1-5H3;9-11,19,28H,12-15H2,1-8H3,(H2,24,25);3-5,7H,1-2H3,(H,13,14)/t23-;19-;/m00./s1/i17D;;1D3,7D. The van der Waals surface area contributed by atoms with Crippen LogP contribution in [0.2, 0.25) is 18.1 Å². The molecule has 5 N–H and O–H groups in total. The predicted molar refractivity (Wildman–Crippen MR) is 318 cm³/mol. The zero-order valence-electron chi connectivity index (χ0n) is 55.0. The van der Waals surface area contributed by atoms with E-state index in [4.69, 9.17) is 62.6 Å². The van der Waals surface area contributed by atoms with Gasteiger partial charge in [0.05, 0.1) is 57.9 Å². The summed E-state index contributed by atoms with van der Waals surface area (Å²) in [4.78, 5) is 48.3. The van der Waals surface area contributed by atoms with Crippen molar-refractivity contribution in [1.82, 2.24) is 19.9 Å². The first-order valence-electron chi connectivity index (χ1n) is 29.6. The molecule has 3 atom stereocenters. The number of nitriles is 1. The Morgan fingerprint density at radius 3 is 2.00 bits per heavy atom. The van der Waals surface area contributed by atoms with Crippen LogP contribution in [-0.2, 0) is 26.7 Å². The number of hydrogen-bond acceptors (Lipinski definition) is 15. The number of carbonyl (C=O) groups is 3. The zero-order chi connectivity index (χ0) is 66.1. The third-order valence-electron chi connectivity index (χ3n) is 13.7. The number of hydrogen-bond donors (Lipinski definition) is 4. The Bertz CT molecular complexity index is 3420. The molecule has 2 aliphatic rings. The van der Waals surface area contributed by atoms with Gasteiger partial charge in [0.2, 0.25) is 11.5 Å². The smallest absolute Gasteiger partial charge is 0.410 e. The largest absolute Gasteiger partial charge is 0.502 e. The van der Waals surface area contributed by atoms with Gasteiger partial charge >= 0.3 is 18.2 Å². The summed E-state index contributed by atoms with van der Waals surface area (Å²) >= 11 is 0. The highest BCUT2D eigenvalue weighted by atomic mass is 28.4. The Kier molecular flexibility index (Phi) is 19.5. The Morgan fingerprint density at radius 1 is 0.880 bits per heavy atom. The topological polar surface area (TPSA) is 270 Å². The molecular weight excluding hydrogens is 1080 g/mol. The molecule has 446 valence electrons. The number of nitrogens with two attached hydrogens (primary N) is 1. The molecule has 5 aromatic rings. The number of aromatic carboxylic acids is 1. The molecule has 4 aromatic carbocycles. The van der Waals surface area contributed by atoms with Crippen molar-refractivity contribution in [2.75, 3.05) is 26.3 Å². The van der Waals surface area contributed by atoms with Crippen molar-refractivity contribution in [3.8, 4) is 40.4 Å². The number of aliphatic hydroxyl groups excluding tert-OH is 1. The number of amidine groups is 1. The van der Waals surface area contributed by atoms with Crippen molar-refractivity contribution in [1.29, 1.82) is 5.26 Å². The molecule has 21 heteroatoms. The van der Waals surface area contributed by atoms with E-state index in [9.17, 15) is 19.5 Å². The van der Waals surface area contributed by atoms with E-state index in [2.05, 4.69) is 54.0 Å². The van der Waals surface area contributed by atoms with Gasteiger partial charge < -0.3 is 49.1 Å². The molecule has 0 saturated carbocycles. The molecule has 0 spiro atoms. The van der Waals surface area contributed by atoms with Crippen LogP contribution in [0.25, 0.3) is 27.7 Å². The number of aromatic nitrogens is 2. The van der Waals surface area contributed by atoms with Crippen LogP contribution in [-0.4, -0.2) is 117 Å². The minimum atomic E-state index is -2.70. The van der Waals surface area contributed by atoms with Gasteiger partial charge in [-0.3, -0.25) is 9.80 Å². The third-order valence-corrected chi connectivity index (χ3v) is 18.3. The maximum Gasteiger partial charge on any atom is 0.410 e. The van der Waals surface area contributed by atoms with Gasteiger partial charge in [-0.25, -0.2) is 19.2 Å². The Balaban J connectivity index is 0.000000254. The summed E-state index contributed by atoms with van der Waals surface area (Å²) in [7, 11) is -1.93. The molecule has 0 bridgehead atoms. The zero-order valence-corrected chi connectivity index (χ0v) is 51.0. The lowest BCUT2D eigenvalue weighted by Gasteiger charge is -2.38. The summed E-state index contributed by atoms with van der Waals surface area (Å²) in [6, 6.07) is 21.2. The number of amides is 2. The molecule has 2 aliphatic carbocycles. The van der Waals surface area contributed by atoms with Crippen LogP contribution in [0, 0.1) is 17.9 Å². The fourth-order valence-electron chi connectivity index (χ4n) is 9.03. The summed E-state index contributed by atoms with van der Waals surface area (Å²) in [6.07, 6.45) is -1.35. The SMILES string of the molecule is CC(C)(C)OC(=O)N(CCO[Si](C)(C)C(C)(C)C)[C@H]1CCc2c(/C(N)=N\O)cccc21.[2H]C(C)(C)Oc1ccc(-c2nc(-c3cccc4c3CC[C@@H]4N(CCO)C(=O)OC(C)(C)C)no2)cc1[N+]#[C-].[2H]C([2H])([2H])C([2H])(C)Oc1ccc(C(=O)O)cc1C#N. The van der Waals surface area contributed by atoms with E-state index in [1.54, 1.807) is 47.9 Å². The number of oxime groups is 1. The molecular formula is C62H82N8O12Si. The van der Waals surface area contributed by atoms with Crippen LogP contribution in [0.4, 0.5) is 15.3 Å². The molecule has 0 saturated heterocycles. The number of nitrogens with zero attached hydrogens (tertiary/aromatic N) is 7. The van der Waals surface area contributed by atoms with Gasteiger partial charge in [0, 0.05) is 33.9 Å². The number of ether oxygens (including phenoxy) is 4. The second-order valence-electron chi connectivity index (χ2n) is 23.5. The fourth-order valence-corrected chi connectivity index (χ4v) is 10.1. The number of benzene rings is 4. The highest BCUT2D eigenvalue weighted by Gasteiger charge is 2.40. The van der Waals surface area contributed by atoms with E-state index in [0.29, 0.717) is 48.7 Å². The van der Waals surface area contributed by atoms with Crippen molar-refractivity contribution in [2.24, 2.45) is 10.9 Å². The number of fused-ring (bicyclic) bond motifs is 2. The van der Waals surface area contributed by atoms with Gasteiger partial charge in [0.25, 0.3) is 5.89 Å². The van der Waals surface area contributed by atoms with Crippen LogP contribution < -0.4 is 15.2 Å². The molecule has 83 heavy (non-hydrogen) atoms. The third kappa shape index (κ3) is 17.5. The lowest BCUT2D eigenvalue weighted by molar-refractivity contribution is 0.0114. The van der Waals surface area contributed by atoms with E-state index in [1.807, 2.05) is 77.9 Å². The Labute approximate surface area is 496 Å². The van der Waals surface area contributed by atoms with Crippen molar-refractivity contribution >= 4 is 38.0 Å². The minimum absolute atomic E-state index is 0.0857. The summed E-state index contributed by atoms with van der Waals surface area (Å²) in [5.74, 6) is -0.297. The van der Waals surface area contributed by atoms with Crippen molar-refractivity contribution in [3.05, 3.63) is 123 Å². The summed E-state index contributed by atoms with van der Waals surface area (Å²) in [5.41, 5.74) is 10.7. The molecule has 2 amide bonds.